The second-order valence-corrected chi connectivity index (χ2v) is 5.92. The van der Waals surface area contributed by atoms with Gasteiger partial charge in [-0.05, 0) is 58.1 Å². The molecule has 1 heterocycles. The van der Waals surface area contributed by atoms with Crippen LogP contribution in [0.2, 0.25) is 0 Å². The first kappa shape index (κ1) is 13.6. The molecule has 20 heavy (non-hydrogen) atoms. The Bertz CT molecular complexity index is 632. The Morgan fingerprint density at radius 1 is 1.25 bits per heavy atom. The average Bonchev–Trinajstić information content (AvgIpc) is 2.49. The molecule has 1 aliphatic heterocycles. The molecule has 2 unspecified atom stereocenters. The van der Waals surface area contributed by atoms with Crippen molar-refractivity contribution in [3.63, 3.8) is 0 Å². The standard InChI is InChI=1S/C16H15BrFNO/c17-12-9-11(5-7-13(12)18)16(20)15-8-6-10-3-1-2-4-14(10)19-15/h1-5,7,9,15-16,19-20H,6,8H2. The maximum absolute atomic E-state index is 13.3. The summed E-state index contributed by atoms with van der Waals surface area (Å²) in [5.41, 5.74) is 3.07. The lowest BCUT2D eigenvalue weighted by atomic mass is 9.92. The normalized spacial score (nSPS) is 19.1. The molecule has 2 N–H and O–H groups in total. The van der Waals surface area contributed by atoms with Gasteiger partial charge in [0.25, 0.3) is 0 Å². The SMILES string of the molecule is OC(c1ccc(F)c(Br)c1)C1CCc2ccccc2N1. The molecular weight excluding hydrogens is 321 g/mol. The van der Waals surface area contributed by atoms with E-state index in [1.807, 2.05) is 18.2 Å². The fourth-order valence-corrected chi connectivity index (χ4v) is 3.02. The van der Waals surface area contributed by atoms with Crippen LogP contribution < -0.4 is 5.32 Å². The van der Waals surface area contributed by atoms with Gasteiger partial charge in [0.1, 0.15) is 5.82 Å². The number of aliphatic hydroxyl groups is 1. The molecule has 4 heteroatoms. The molecule has 2 atom stereocenters. The number of hydrogen-bond acceptors (Lipinski definition) is 2. The molecule has 0 amide bonds. The number of hydrogen-bond donors (Lipinski definition) is 2. The third kappa shape index (κ3) is 2.58. The van der Waals surface area contributed by atoms with E-state index in [-0.39, 0.29) is 11.9 Å². The summed E-state index contributed by atoms with van der Waals surface area (Å²) >= 11 is 3.16. The molecule has 0 aromatic heterocycles. The van der Waals surface area contributed by atoms with E-state index < -0.39 is 6.10 Å². The number of para-hydroxylation sites is 1. The summed E-state index contributed by atoms with van der Waals surface area (Å²) in [6, 6.07) is 12.7. The van der Waals surface area contributed by atoms with Crippen molar-refractivity contribution in [3.8, 4) is 0 Å². The Labute approximate surface area is 125 Å². The van der Waals surface area contributed by atoms with Crippen LogP contribution in [0.15, 0.2) is 46.9 Å². The van der Waals surface area contributed by atoms with E-state index in [0.717, 1.165) is 24.1 Å². The van der Waals surface area contributed by atoms with Crippen molar-refractivity contribution in [2.75, 3.05) is 5.32 Å². The number of anilines is 1. The number of rotatable bonds is 2. The van der Waals surface area contributed by atoms with Crippen LogP contribution in [0.3, 0.4) is 0 Å². The summed E-state index contributed by atoms with van der Waals surface area (Å²) in [5.74, 6) is -0.317. The number of benzene rings is 2. The summed E-state index contributed by atoms with van der Waals surface area (Å²) in [4.78, 5) is 0. The van der Waals surface area contributed by atoms with Gasteiger partial charge in [-0.15, -0.1) is 0 Å². The molecule has 104 valence electrons. The number of aliphatic hydroxyl groups excluding tert-OH is 1. The van der Waals surface area contributed by atoms with Crippen LogP contribution in [0, 0.1) is 5.82 Å². The minimum absolute atomic E-state index is 0.0535. The van der Waals surface area contributed by atoms with Crippen molar-refractivity contribution in [1.29, 1.82) is 0 Å². The van der Waals surface area contributed by atoms with E-state index in [9.17, 15) is 9.50 Å². The summed E-state index contributed by atoms with van der Waals surface area (Å²) in [6.07, 6.45) is 1.14. The minimum atomic E-state index is -0.653. The molecule has 2 aromatic carbocycles. The minimum Gasteiger partial charge on any atom is -0.386 e. The number of fused-ring (bicyclic) bond motifs is 1. The second kappa shape index (κ2) is 5.54. The zero-order valence-electron chi connectivity index (χ0n) is 10.8. The molecule has 2 aromatic rings. The van der Waals surface area contributed by atoms with E-state index >= 15 is 0 Å². The molecule has 0 saturated carbocycles. The molecule has 0 radical (unpaired) electrons. The molecule has 3 rings (SSSR count). The van der Waals surface area contributed by atoms with E-state index in [1.54, 1.807) is 12.1 Å². The lowest BCUT2D eigenvalue weighted by Gasteiger charge is -2.31. The van der Waals surface area contributed by atoms with Crippen molar-refractivity contribution in [1.82, 2.24) is 0 Å². The maximum atomic E-state index is 13.3. The third-order valence-corrected chi connectivity index (χ3v) is 4.36. The number of aryl methyl sites for hydroxylation is 1. The van der Waals surface area contributed by atoms with Crippen LogP contribution in [0.25, 0.3) is 0 Å². The van der Waals surface area contributed by atoms with Gasteiger partial charge >= 0.3 is 0 Å². The van der Waals surface area contributed by atoms with Gasteiger partial charge in [0.15, 0.2) is 0 Å². The molecule has 0 fully saturated rings. The van der Waals surface area contributed by atoms with Crippen molar-refractivity contribution >= 4 is 21.6 Å². The second-order valence-electron chi connectivity index (χ2n) is 5.07. The molecule has 0 saturated heterocycles. The quantitative estimate of drug-likeness (QED) is 0.867. The lowest BCUT2D eigenvalue weighted by Crippen LogP contribution is -2.31. The Hall–Kier alpha value is -1.39. The van der Waals surface area contributed by atoms with Gasteiger partial charge in [0, 0.05) is 5.69 Å². The van der Waals surface area contributed by atoms with Crippen LogP contribution >= 0.6 is 15.9 Å². The van der Waals surface area contributed by atoms with Gasteiger partial charge in [0.2, 0.25) is 0 Å². The van der Waals surface area contributed by atoms with Crippen molar-refractivity contribution in [2.24, 2.45) is 0 Å². The highest BCUT2D eigenvalue weighted by Crippen LogP contribution is 2.31. The summed E-state index contributed by atoms with van der Waals surface area (Å²) < 4.78 is 13.6. The Kier molecular flexibility index (Phi) is 3.76. The van der Waals surface area contributed by atoms with Crippen LogP contribution in [-0.4, -0.2) is 11.1 Å². The van der Waals surface area contributed by atoms with Crippen molar-refractivity contribution < 1.29 is 9.50 Å². The first-order chi connectivity index (χ1) is 9.65. The fourth-order valence-electron chi connectivity index (χ4n) is 2.63. The van der Waals surface area contributed by atoms with E-state index in [4.69, 9.17) is 0 Å². The highest BCUT2D eigenvalue weighted by molar-refractivity contribution is 9.10. The Morgan fingerprint density at radius 2 is 2.05 bits per heavy atom. The monoisotopic (exact) mass is 335 g/mol. The largest absolute Gasteiger partial charge is 0.386 e. The Morgan fingerprint density at radius 3 is 2.85 bits per heavy atom. The highest BCUT2D eigenvalue weighted by Gasteiger charge is 2.25. The molecule has 2 nitrogen and oxygen atoms in total. The fraction of sp³-hybridized carbons (Fsp3) is 0.250. The summed E-state index contributed by atoms with van der Waals surface area (Å²) in [6.45, 7) is 0. The molecule has 0 spiro atoms. The first-order valence-corrected chi connectivity index (χ1v) is 7.42. The topological polar surface area (TPSA) is 32.3 Å². The van der Waals surface area contributed by atoms with Crippen LogP contribution in [0.5, 0.6) is 0 Å². The van der Waals surface area contributed by atoms with Crippen LogP contribution in [0.4, 0.5) is 10.1 Å². The average molecular weight is 336 g/mol. The zero-order chi connectivity index (χ0) is 14.1. The highest BCUT2D eigenvalue weighted by atomic mass is 79.9. The Balaban J connectivity index is 1.82. The van der Waals surface area contributed by atoms with E-state index in [2.05, 4.69) is 27.3 Å². The van der Waals surface area contributed by atoms with Gasteiger partial charge in [-0.3, -0.25) is 0 Å². The lowest BCUT2D eigenvalue weighted by molar-refractivity contribution is 0.149. The van der Waals surface area contributed by atoms with E-state index in [0.29, 0.717) is 4.47 Å². The molecule has 0 aliphatic carbocycles. The predicted molar refractivity (Wildman–Crippen MR) is 81.2 cm³/mol. The van der Waals surface area contributed by atoms with Gasteiger partial charge < -0.3 is 10.4 Å². The summed E-state index contributed by atoms with van der Waals surface area (Å²) in [7, 11) is 0. The molecule has 1 aliphatic rings. The first-order valence-electron chi connectivity index (χ1n) is 6.62. The summed E-state index contributed by atoms with van der Waals surface area (Å²) in [5, 5.41) is 13.9. The third-order valence-electron chi connectivity index (χ3n) is 3.75. The van der Waals surface area contributed by atoms with Gasteiger partial charge in [-0.2, -0.15) is 0 Å². The van der Waals surface area contributed by atoms with Gasteiger partial charge in [-0.25, -0.2) is 4.39 Å². The predicted octanol–water partition coefficient (Wildman–Crippen LogP) is 4.05. The van der Waals surface area contributed by atoms with Crippen molar-refractivity contribution in [2.45, 2.75) is 25.0 Å². The van der Waals surface area contributed by atoms with Crippen LogP contribution in [-0.2, 0) is 6.42 Å². The zero-order valence-corrected chi connectivity index (χ0v) is 12.4. The van der Waals surface area contributed by atoms with Crippen molar-refractivity contribution in [3.05, 3.63) is 63.9 Å². The number of nitrogens with one attached hydrogen (secondary N) is 1. The molecule has 0 bridgehead atoms. The van der Waals surface area contributed by atoms with Gasteiger partial charge in [-0.1, -0.05) is 24.3 Å². The number of halogens is 2. The van der Waals surface area contributed by atoms with Gasteiger partial charge in [0.05, 0.1) is 16.6 Å². The molecular formula is C16H15BrFNO. The van der Waals surface area contributed by atoms with Crippen LogP contribution in [0.1, 0.15) is 23.7 Å². The smallest absolute Gasteiger partial charge is 0.137 e. The maximum Gasteiger partial charge on any atom is 0.137 e. The van der Waals surface area contributed by atoms with E-state index in [1.165, 1.54) is 11.6 Å².